The van der Waals surface area contributed by atoms with Crippen molar-refractivity contribution in [3.05, 3.63) is 65.6 Å². The topological polar surface area (TPSA) is 133 Å². The molecule has 3 N–H and O–H groups in total. The lowest BCUT2D eigenvalue weighted by Crippen LogP contribution is -2.53. The molecule has 14 heteroatoms. The van der Waals surface area contributed by atoms with Crippen LogP contribution in [0.2, 0.25) is 5.15 Å². The summed E-state index contributed by atoms with van der Waals surface area (Å²) in [4.78, 5) is 34.1. The Labute approximate surface area is 216 Å². The van der Waals surface area contributed by atoms with E-state index in [-0.39, 0.29) is 40.0 Å². The van der Waals surface area contributed by atoms with Crippen molar-refractivity contribution in [2.75, 3.05) is 27.7 Å². The van der Waals surface area contributed by atoms with Gasteiger partial charge in [0.1, 0.15) is 11.2 Å². The molecule has 1 fully saturated rings. The molecule has 0 saturated carbocycles. The number of hydrogen-bond acceptors (Lipinski definition) is 6. The number of carbonyl (C=O) groups excluding carboxylic acids is 2. The molecule has 3 amide bonds. The van der Waals surface area contributed by atoms with Crippen molar-refractivity contribution in [1.82, 2.24) is 15.3 Å². The second-order valence-corrected chi connectivity index (χ2v) is 10.3. The van der Waals surface area contributed by atoms with E-state index >= 15 is 8.78 Å². The van der Waals surface area contributed by atoms with Crippen molar-refractivity contribution in [2.24, 2.45) is 0 Å². The average molecular weight is 551 g/mol. The molecular formula is C23H21ClF2N6O4S. The molecule has 1 aromatic heterocycles. The standard InChI is InChI=1S/C23H21ClF2N6O4S/c1-37(35,36)31-15-6-3-2-5-13(15)14-8-9-17(21(26)20(14)25)32-10-4-7-16(22(32)33)29-23(34)30-19-12-27-18(24)11-28-19/h2-3,5-6,8-9,11-12,16,31H,4,7,10H2,1H3,(H2,28,29,30,34)/t16-/m1/s1. The number of para-hydroxylation sites is 1. The molecule has 194 valence electrons. The van der Waals surface area contributed by atoms with Gasteiger partial charge in [-0.25, -0.2) is 32.0 Å². The van der Waals surface area contributed by atoms with Gasteiger partial charge in [0.15, 0.2) is 17.5 Å². The summed E-state index contributed by atoms with van der Waals surface area (Å²) in [5.74, 6) is -3.03. The summed E-state index contributed by atoms with van der Waals surface area (Å²) in [6, 6.07) is 6.77. The van der Waals surface area contributed by atoms with Crippen molar-refractivity contribution in [1.29, 1.82) is 0 Å². The number of amides is 3. The predicted molar refractivity (Wildman–Crippen MR) is 135 cm³/mol. The van der Waals surface area contributed by atoms with Gasteiger partial charge in [-0.15, -0.1) is 0 Å². The molecule has 0 spiro atoms. The van der Waals surface area contributed by atoms with Crippen LogP contribution in [0, 0.1) is 11.6 Å². The van der Waals surface area contributed by atoms with Crippen LogP contribution >= 0.6 is 11.6 Å². The van der Waals surface area contributed by atoms with E-state index in [9.17, 15) is 18.0 Å². The van der Waals surface area contributed by atoms with E-state index in [1.165, 1.54) is 36.7 Å². The Balaban J connectivity index is 1.55. The van der Waals surface area contributed by atoms with E-state index in [1.807, 2.05) is 0 Å². The maximum absolute atomic E-state index is 15.3. The monoisotopic (exact) mass is 550 g/mol. The van der Waals surface area contributed by atoms with Crippen molar-refractivity contribution in [3.63, 3.8) is 0 Å². The Kier molecular flexibility index (Phi) is 7.55. The highest BCUT2D eigenvalue weighted by Gasteiger charge is 2.33. The molecule has 2 aromatic carbocycles. The van der Waals surface area contributed by atoms with Gasteiger partial charge in [0.25, 0.3) is 0 Å². The Morgan fingerprint density at radius 1 is 1.08 bits per heavy atom. The summed E-state index contributed by atoms with van der Waals surface area (Å²) in [5, 5.41) is 5.07. The fourth-order valence-electron chi connectivity index (χ4n) is 3.90. The lowest BCUT2D eigenvalue weighted by atomic mass is 10.00. The van der Waals surface area contributed by atoms with Crippen molar-refractivity contribution < 1.29 is 26.8 Å². The third-order valence-corrected chi connectivity index (χ3v) is 6.26. The van der Waals surface area contributed by atoms with Crippen molar-refractivity contribution in [3.8, 4) is 11.1 Å². The number of halogens is 3. The van der Waals surface area contributed by atoms with E-state index < -0.39 is 39.6 Å². The highest BCUT2D eigenvalue weighted by Crippen LogP contribution is 2.35. The van der Waals surface area contributed by atoms with E-state index in [4.69, 9.17) is 11.6 Å². The molecule has 10 nitrogen and oxygen atoms in total. The zero-order chi connectivity index (χ0) is 26.7. The van der Waals surface area contributed by atoms with Crippen LogP contribution in [0.25, 0.3) is 11.1 Å². The largest absolute Gasteiger partial charge is 0.326 e. The summed E-state index contributed by atoms with van der Waals surface area (Å²) in [6.45, 7) is 0.114. The van der Waals surface area contributed by atoms with Gasteiger partial charge in [0.2, 0.25) is 15.9 Å². The highest BCUT2D eigenvalue weighted by atomic mass is 35.5. The molecular weight excluding hydrogens is 530 g/mol. The molecule has 1 saturated heterocycles. The van der Waals surface area contributed by atoms with Crippen LogP contribution in [0.4, 0.5) is 30.8 Å². The number of rotatable bonds is 6. The maximum Gasteiger partial charge on any atom is 0.321 e. The molecule has 2 heterocycles. The number of nitrogens with one attached hydrogen (secondary N) is 3. The predicted octanol–water partition coefficient (Wildman–Crippen LogP) is 3.76. The third kappa shape index (κ3) is 6.12. The fourth-order valence-corrected chi connectivity index (χ4v) is 4.57. The quantitative estimate of drug-likeness (QED) is 0.428. The first-order valence-electron chi connectivity index (χ1n) is 10.9. The van der Waals surface area contributed by atoms with Crippen LogP contribution in [-0.4, -0.2) is 49.2 Å². The van der Waals surface area contributed by atoms with E-state index in [0.717, 1.165) is 11.2 Å². The van der Waals surface area contributed by atoms with Gasteiger partial charge in [-0.2, -0.15) is 0 Å². The minimum atomic E-state index is -3.67. The Bertz CT molecular complexity index is 1460. The lowest BCUT2D eigenvalue weighted by molar-refractivity contribution is -0.121. The molecule has 0 aliphatic carbocycles. The number of urea groups is 1. The second kappa shape index (κ2) is 10.6. The number of benzene rings is 2. The lowest BCUT2D eigenvalue weighted by Gasteiger charge is -2.33. The number of sulfonamides is 1. The third-order valence-electron chi connectivity index (χ3n) is 5.47. The molecule has 1 atom stereocenters. The van der Waals surface area contributed by atoms with Crippen LogP contribution in [-0.2, 0) is 14.8 Å². The Hall–Kier alpha value is -3.84. The molecule has 0 unspecified atom stereocenters. The van der Waals surface area contributed by atoms with Gasteiger partial charge in [-0.3, -0.25) is 14.8 Å². The van der Waals surface area contributed by atoms with Crippen LogP contribution in [0.1, 0.15) is 12.8 Å². The summed E-state index contributed by atoms with van der Waals surface area (Å²) in [7, 11) is -3.67. The molecule has 4 rings (SSSR count). The zero-order valence-electron chi connectivity index (χ0n) is 19.3. The first-order valence-corrected chi connectivity index (χ1v) is 13.2. The molecule has 1 aliphatic heterocycles. The highest BCUT2D eigenvalue weighted by molar-refractivity contribution is 7.92. The molecule has 0 bridgehead atoms. The van der Waals surface area contributed by atoms with Gasteiger partial charge in [-0.1, -0.05) is 29.8 Å². The van der Waals surface area contributed by atoms with E-state index in [1.54, 1.807) is 12.1 Å². The number of nitrogens with zero attached hydrogens (tertiary/aromatic N) is 3. The Morgan fingerprint density at radius 2 is 1.84 bits per heavy atom. The zero-order valence-corrected chi connectivity index (χ0v) is 20.9. The number of anilines is 3. The van der Waals surface area contributed by atoms with Gasteiger partial charge in [0, 0.05) is 17.7 Å². The van der Waals surface area contributed by atoms with Crippen LogP contribution in [0.5, 0.6) is 0 Å². The van der Waals surface area contributed by atoms with E-state index in [0.29, 0.717) is 12.8 Å². The first kappa shape index (κ1) is 26.2. The Morgan fingerprint density at radius 3 is 2.54 bits per heavy atom. The summed E-state index contributed by atoms with van der Waals surface area (Å²) < 4.78 is 56.1. The molecule has 3 aromatic rings. The second-order valence-electron chi connectivity index (χ2n) is 8.19. The average Bonchev–Trinajstić information content (AvgIpc) is 2.83. The van der Waals surface area contributed by atoms with Gasteiger partial charge < -0.3 is 10.2 Å². The van der Waals surface area contributed by atoms with Crippen LogP contribution in [0.15, 0.2) is 48.8 Å². The number of hydrogen-bond donors (Lipinski definition) is 3. The smallest absolute Gasteiger partial charge is 0.321 e. The minimum Gasteiger partial charge on any atom is -0.326 e. The summed E-state index contributed by atoms with van der Waals surface area (Å²) in [6.07, 6.45) is 4.13. The summed E-state index contributed by atoms with van der Waals surface area (Å²) in [5.41, 5.74) is -0.279. The number of aromatic nitrogens is 2. The maximum atomic E-state index is 15.3. The van der Waals surface area contributed by atoms with Crippen molar-refractivity contribution in [2.45, 2.75) is 18.9 Å². The minimum absolute atomic E-state index is 0.0748. The van der Waals surface area contributed by atoms with Crippen molar-refractivity contribution >= 4 is 50.8 Å². The molecule has 0 radical (unpaired) electrons. The van der Waals surface area contributed by atoms with Gasteiger partial charge in [-0.05, 0) is 31.0 Å². The number of carbonyl (C=O) groups is 2. The fraction of sp³-hybridized carbons (Fsp3) is 0.217. The number of piperidine rings is 1. The molecule has 37 heavy (non-hydrogen) atoms. The van der Waals surface area contributed by atoms with Crippen LogP contribution in [0.3, 0.4) is 0 Å². The van der Waals surface area contributed by atoms with Gasteiger partial charge in [0.05, 0.1) is 30.0 Å². The summed E-state index contributed by atoms with van der Waals surface area (Å²) >= 11 is 5.66. The molecule has 1 aliphatic rings. The SMILES string of the molecule is CS(=O)(=O)Nc1ccccc1-c1ccc(N2CCC[C@@H](NC(=O)Nc3cnc(Cl)cn3)C2=O)c(F)c1F. The first-order chi connectivity index (χ1) is 17.5. The normalized spacial score (nSPS) is 15.8. The van der Waals surface area contributed by atoms with Crippen LogP contribution < -0.4 is 20.3 Å². The van der Waals surface area contributed by atoms with Gasteiger partial charge >= 0.3 is 6.03 Å². The van der Waals surface area contributed by atoms with E-state index in [2.05, 4.69) is 25.3 Å².